The van der Waals surface area contributed by atoms with Crippen LogP contribution in [0.3, 0.4) is 0 Å². The molecule has 20 heavy (non-hydrogen) atoms. The first-order chi connectivity index (χ1) is 9.58. The van der Waals surface area contributed by atoms with Crippen molar-refractivity contribution in [3.8, 4) is 0 Å². The summed E-state index contributed by atoms with van der Waals surface area (Å²) in [6.45, 7) is 2.61. The second-order valence-corrected chi connectivity index (χ2v) is 5.17. The zero-order valence-corrected chi connectivity index (χ0v) is 11.6. The number of rotatable bonds is 5. The third-order valence-corrected chi connectivity index (χ3v) is 3.53. The Bertz CT molecular complexity index is 502. The van der Waals surface area contributed by atoms with Gasteiger partial charge in [-0.05, 0) is 37.8 Å². The fourth-order valence-corrected chi connectivity index (χ4v) is 2.47. The zero-order valence-electron chi connectivity index (χ0n) is 11.6. The van der Waals surface area contributed by atoms with Gasteiger partial charge in [0, 0.05) is 24.7 Å². The molecule has 2 amide bonds. The van der Waals surface area contributed by atoms with E-state index in [4.69, 9.17) is 5.11 Å². The van der Waals surface area contributed by atoms with Crippen LogP contribution in [0.25, 0.3) is 0 Å². The monoisotopic (exact) mass is 276 g/mol. The maximum atomic E-state index is 12.2. The summed E-state index contributed by atoms with van der Waals surface area (Å²) < 4.78 is 0. The van der Waals surface area contributed by atoms with E-state index in [2.05, 4.69) is 5.32 Å². The van der Waals surface area contributed by atoms with Crippen LogP contribution in [-0.2, 0) is 11.2 Å². The molecular formula is C15H20N2O3. The van der Waals surface area contributed by atoms with Gasteiger partial charge in [0.15, 0.2) is 0 Å². The van der Waals surface area contributed by atoms with Crippen LogP contribution in [0.2, 0.25) is 0 Å². The molecule has 5 heteroatoms. The van der Waals surface area contributed by atoms with Gasteiger partial charge in [-0.1, -0.05) is 18.2 Å². The third-order valence-electron chi connectivity index (χ3n) is 3.53. The summed E-state index contributed by atoms with van der Waals surface area (Å²) in [6.07, 6.45) is 2.28. The smallest absolute Gasteiger partial charge is 0.322 e. The van der Waals surface area contributed by atoms with Crippen LogP contribution < -0.4 is 10.2 Å². The molecule has 1 atom stereocenters. The molecule has 0 spiro atoms. The Morgan fingerprint density at radius 3 is 2.90 bits per heavy atom. The quantitative estimate of drug-likeness (QED) is 0.867. The molecule has 2 rings (SSSR count). The number of carbonyl (C=O) groups excluding carboxylic acids is 1. The number of anilines is 1. The van der Waals surface area contributed by atoms with E-state index in [1.165, 1.54) is 5.56 Å². The Labute approximate surface area is 118 Å². The van der Waals surface area contributed by atoms with Crippen molar-refractivity contribution in [2.45, 2.75) is 38.6 Å². The average Bonchev–Trinajstić information content (AvgIpc) is 2.82. The Morgan fingerprint density at radius 2 is 2.15 bits per heavy atom. The van der Waals surface area contributed by atoms with Gasteiger partial charge in [-0.3, -0.25) is 9.69 Å². The lowest BCUT2D eigenvalue weighted by Gasteiger charge is -2.21. The Kier molecular flexibility index (Phi) is 4.61. The molecule has 108 valence electrons. The molecular weight excluding hydrogens is 256 g/mol. The highest BCUT2D eigenvalue weighted by Gasteiger charge is 2.24. The predicted octanol–water partition coefficient (Wildman–Crippen LogP) is 2.40. The van der Waals surface area contributed by atoms with Crippen molar-refractivity contribution in [3.05, 3.63) is 29.8 Å². The standard InChI is InChI=1S/C15H20N2O3/c1-11(5-4-8-14(18)19)16-15(20)17-10-9-12-6-2-3-7-13(12)17/h2-3,6-7,11H,4-5,8-10H2,1H3,(H,16,20)(H,18,19). The van der Waals surface area contributed by atoms with Gasteiger partial charge in [0.05, 0.1) is 0 Å². The first-order valence-electron chi connectivity index (χ1n) is 6.95. The number of carboxylic acid groups (broad SMARTS) is 1. The molecule has 0 saturated heterocycles. The Balaban J connectivity index is 1.85. The van der Waals surface area contributed by atoms with E-state index in [0.717, 1.165) is 12.1 Å². The average molecular weight is 276 g/mol. The first kappa shape index (κ1) is 14.4. The van der Waals surface area contributed by atoms with Crippen LogP contribution >= 0.6 is 0 Å². The van der Waals surface area contributed by atoms with Crippen molar-refractivity contribution in [2.24, 2.45) is 0 Å². The molecule has 0 radical (unpaired) electrons. The van der Waals surface area contributed by atoms with Crippen LogP contribution in [0, 0.1) is 0 Å². The van der Waals surface area contributed by atoms with Gasteiger partial charge in [-0.15, -0.1) is 0 Å². The van der Waals surface area contributed by atoms with Crippen molar-refractivity contribution in [1.82, 2.24) is 5.32 Å². The van der Waals surface area contributed by atoms with Crippen molar-refractivity contribution in [3.63, 3.8) is 0 Å². The topological polar surface area (TPSA) is 69.6 Å². The van der Waals surface area contributed by atoms with Gasteiger partial charge in [0.1, 0.15) is 0 Å². The van der Waals surface area contributed by atoms with E-state index in [1.807, 2.05) is 31.2 Å². The van der Waals surface area contributed by atoms with Crippen molar-refractivity contribution in [1.29, 1.82) is 0 Å². The maximum Gasteiger partial charge on any atom is 0.322 e. The van der Waals surface area contributed by atoms with E-state index >= 15 is 0 Å². The molecule has 5 nitrogen and oxygen atoms in total. The summed E-state index contributed by atoms with van der Waals surface area (Å²) in [5, 5.41) is 11.5. The number of carbonyl (C=O) groups is 2. The minimum atomic E-state index is -0.794. The van der Waals surface area contributed by atoms with Crippen LogP contribution in [0.5, 0.6) is 0 Å². The summed E-state index contributed by atoms with van der Waals surface area (Å²) in [4.78, 5) is 24.4. The van der Waals surface area contributed by atoms with Gasteiger partial charge in [-0.2, -0.15) is 0 Å². The number of carboxylic acids is 1. The fraction of sp³-hybridized carbons (Fsp3) is 0.467. The lowest BCUT2D eigenvalue weighted by atomic mass is 10.1. The largest absolute Gasteiger partial charge is 0.481 e. The third kappa shape index (κ3) is 3.50. The van der Waals surface area contributed by atoms with Crippen molar-refractivity contribution < 1.29 is 14.7 Å². The van der Waals surface area contributed by atoms with E-state index in [1.54, 1.807) is 4.90 Å². The predicted molar refractivity (Wildman–Crippen MR) is 77.0 cm³/mol. The second-order valence-electron chi connectivity index (χ2n) is 5.17. The van der Waals surface area contributed by atoms with E-state index < -0.39 is 5.97 Å². The van der Waals surface area contributed by atoms with Gasteiger partial charge >= 0.3 is 12.0 Å². The normalized spacial score (nSPS) is 14.8. The molecule has 0 aromatic heterocycles. The van der Waals surface area contributed by atoms with Gasteiger partial charge in [0.2, 0.25) is 0 Å². The van der Waals surface area contributed by atoms with Crippen LogP contribution in [0.4, 0.5) is 10.5 Å². The number of benzene rings is 1. The number of amides is 2. The number of hydrogen-bond donors (Lipinski definition) is 2. The number of para-hydroxylation sites is 1. The molecule has 1 aromatic rings. The molecule has 0 saturated carbocycles. The van der Waals surface area contributed by atoms with E-state index in [-0.39, 0.29) is 18.5 Å². The summed E-state index contributed by atoms with van der Waals surface area (Å²) >= 11 is 0. The summed E-state index contributed by atoms with van der Waals surface area (Å²) in [6, 6.07) is 7.79. The summed E-state index contributed by atoms with van der Waals surface area (Å²) in [5.74, 6) is -0.794. The van der Waals surface area contributed by atoms with E-state index in [0.29, 0.717) is 19.4 Å². The SMILES string of the molecule is CC(CCCC(=O)O)NC(=O)N1CCc2ccccc21. The molecule has 0 fully saturated rings. The number of aliphatic carboxylic acids is 1. The van der Waals surface area contributed by atoms with E-state index in [9.17, 15) is 9.59 Å². The van der Waals surface area contributed by atoms with Crippen molar-refractivity contribution >= 4 is 17.7 Å². The molecule has 1 aliphatic rings. The fourth-order valence-electron chi connectivity index (χ4n) is 2.47. The van der Waals surface area contributed by atoms with Crippen LogP contribution in [-0.4, -0.2) is 29.7 Å². The number of fused-ring (bicyclic) bond motifs is 1. The molecule has 2 N–H and O–H groups in total. The first-order valence-corrected chi connectivity index (χ1v) is 6.95. The molecule has 0 bridgehead atoms. The lowest BCUT2D eigenvalue weighted by Crippen LogP contribution is -2.43. The lowest BCUT2D eigenvalue weighted by molar-refractivity contribution is -0.137. The maximum absolute atomic E-state index is 12.2. The number of nitrogens with zero attached hydrogens (tertiary/aromatic N) is 1. The molecule has 1 heterocycles. The second kappa shape index (κ2) is 6.41. The highest BCUT2D eigenvalue weighted by atomic mass is 16.4. The number of urea groups is 1. The Morgan fingerprint density at radius 1 is 1.40 bits per heavy atom. The summed E-state index contributed by atoms with van der Waals surface area (Å²) in [7, 11) is 0. The molecule has 1 unspecified atom stereocenters. The number of nitrogens with one attached hydrogen (secondary N) is 1. The molecule has 0 aliphatic carbocycles. The van der Waals surface area contributed by atoms with Crippen LogP contribution in [0.1, 0.15) is 31.7 Å². The minimum Gasteiger partial charge on any atom is -0.481 e. The molecule has 1 aliphatic heterocycles. The van der Waals surface area contributed by atoms with Crippen LogP contribution in [0.15, 0.2) is 24.3 Å². The highest BCUT2D eigenvalue weighted by Crippen LogP contribution is 2.27. The zero-order chi connectivity index (χ0) is 14.5. The highest BCUT2D eigenvalue weighted by molar-refractivity contribution is 5.94. The minimum absolute atomic E-state index is 0.0189. The number of hydrogen-bond acceptors (Lipinski definition) is 2. The Hall–Kier alpha value is -2.04. The molecule has 1 aromatic carbocycles. The van der Waals surface area contributed by atoms with Gasteiger partial charge in [0.25, 0.3) is 0 Å². The van der Waals surface area contributed by atoms with Crippen molar-refractivity contribution in [2.75, 3.05) is 11.4 Å². The van der Waals surface area contributed by atoms with Gasteiger partial charge < -0.3 is 10.4 Å². The van der Waals surface area contributed by atoms with Gasteiger partial charge in [-0.25, -0.2) is 4.79 Å². The summed E-state index contributed by atoms with van der Waals surface area (Å²) in [5.41, 5.74) is 2.17.